The number of carbonyl (C=O) groups is 2. The van der Waals surface area contributed by atoms with Crippen molar-refractivity contribution in [3.05, 3.63) is 90.0 Å². The van der Waals surface area contributed by atoms with Crippen molar-refractivity contribution >= 4 is 29.1 Å². The van der Waals surface area contributed by atoms with E-state index in [1.165, 1.54) is 19.3 Å². The van der Waals surface area contributed by atoms with Gasteiger partial charge in [0.05, 0.1) is 18.5 Å². The van der Waals surface area contributed by atoms with Crippen LogP contribution in [0.25, 0.3) is 0 Å². The number of nitrogens with one attached hydrogen (secondary N) is 2. The van der Waals surface area contributed by atoms with E-state index >= 15 is 0 Å². The molecule has 3 aromatic rings. The fraction of sp³-hybridized carbons (Fsp3) is 0.214. The summed E-state index contributed by atoms with van der Waals surface area (Å²) < 4.78 is 11.0. The molecule has 36 heavy (non-hydrogen) atoms. The summed E-state index contributed by atoms with van der Waals surface area (Å²) in [6.45, 7) is 5.59. The number of nitrogen functional groups attached to an aromatic ring is 1. The van der Waals surface area contributed by atoms with Crippen LogP contribution in [0.2, 0.25) is 0 Å². The number of rotatable bonds is 8. The number of aryl methyl sites for hydroxylation is 1. The second-order valence-electron chi connectivity index (χ2n) is 8.94. The van der Waals surface area contributed by atoms with Crippen molar-refractivity contribution in [1.29, 1.82) is 0 Å². The maximum absolute atomic E-state index is 12.8. The highest BCUT2D eigenvalue weighted by Gasteiger charge is 2.33. The zero-order valence-electron chi connectivity index (χ0n) is 20.7. The lowest BCUT2D eigenvalue weighted by Crippen LogP contribution is -2.28. The number of amides is 2. The van der Waals surface area contributed by atoms with Crippen LogP contribution in [0.3, 0.4) is 0 Å². The summed E-state index contributed by atoms with van der Waals surface area (Å²) in [5.74, 6) is -0.198. The Kier molecular flexibility index (Phi) is 8.22. The van der Waals surface area contributed by atoms with E-state index in [1.54, 1.807) is 54.6 Å². The first-order valence-corrected chi connectivity index (χ1v) is 11.3. The van der Waals surface area contributed by atoms with Crippen LogP contribution < -0.4 is 21.1 Å². The largest absolute Gasteiger partial charge is 0.504 e. The zero-order valence-corrected chi connectivity index (χ0v) is 20.7. The molecule has 0 aliphatic carbocycles. The van der Waals surface area contributed by atoms with E-state index in [2.05, 4.69) is 10.6 Å². The predicted molar refractivity (Wildman–Crippen MR) is 141 cm³/mol. The fourth-order valence-corrected chi connectivity index (χ4v) is 3.57. The SMILES string of the molecule is COc1ccc([C@H](OC(=O)Nc2ccc(C)cc2)C(C)(C)/C=C/C(=O)Nc2ccccc2N)cc1O. The van der Waals surface area contributed by atoms with Gasteiger partial charge in [-0.25, -0.2) is 4.79 Å². The predicted octanol–water partition coefficient (Wildman–Crippen LogP) is 5.80. The average Bonchev–Trinajstić information content (AvgIpc) is 2.84. The monoisotopic (exact) mass is 489 g/mol. The normalized spacial score (nSPS) is 12.1. The van der Waals surface area contributed by atoms with Crippen LogP contribution in [-0.2, 0) is 9.53 Å². The van der Waals surface area contributed by atoms with Gasteiger partial charge in [-0.3, -0.25) is 10.1 Å². The van der Waals surface area contributed by atoms with Crippen molar-refractivity contribution in [2.45, 2.75) is 26.9 Å². The molecule has 1 atom stereocenters. The number of nitrogens with two attached hydrogens (primary N) is 1. The minimum atomic E-state index is -0.856. The first kappa shape index (κ1) is 26.2. The molecule has 0 spiro atoms. The van der Waals surface area contributed by atoms with E-state index in [1.807, 2.05) is 32.9 Å². The molecule has 0 saturated carbocycles. The van der Waals surface area contributed by atoms with E-state index in [-0.39, 0.29) is 17.4 Å². The minimum absolute atomic E-state index is 0.0976. The van der Waals surface area contributed by atoms with Crippen molar-refractivity contribution < 1.29 is 24.2 Å². The Bertz CT molecular complexity index is 1250. The highest BCUT2D eigenvalue weighted by molar-refractivity contribution is 6.01. The molecular weight excluding hydrogens is 458 g/mol. The lowest BCUT2D eigenvalue weighted by atomic mass is 9.82. The third-order valence-electron chi connectivity index (χ3n) is 5.59. The fourth-order valence-electron chi connectivity index (χ4n) is 3.57. The molecule has 5 N–H and O–H groups in total. The number of hydrogen-bond acceptors (Lipinski definition) is 6. The van der Waals surface area contributed by atoms with Gasteiger partial charge in [0.15, 0.2) is 11.5 Å². The number of benzene rings is 3. The first-order valence-electron chi connectivity index (χ1n) is 11.3. The van der Waals surface area contributed by atoms with E-state index in [9.17, 15) is 14.7 Å². The maximum atomic E-state index is 12.8. The van der Waals surface area contributed by atoms with Crippen LogP contribution in [0.1, 0.15) is 31.1 Å². The zero-order chi connectivity index (χ0) is 26.3. The molecule has 0 fully saturated rings. The van der Waals surface area contributed by atoms with E-state index in [4.69, 9.17) is 15.2 Å². The molecule has 0 bridgehead atoms. The van der Waals surface area contributed by atoms with Crippen LogP contribution in [0.5, 0.6) is 11.5 Å². The molecule has 0 aliphatic heterocycles. The lowest BCUT2D eigenvalue weighted by Gasteiger charge is -2.32. The first-order chi connectivity index (χ1) is 17.1. The molecule has 0 heterocycles. The molecule has 8 heteroatoms. The number of hydrogen-bond donors (Lipinski definition) is 4. The van der Waals surface area contributed by atoms with Gasteiger partial charge in [0.25, 0.3) is 0 Å². The molecule has 2 amide bonds. The highest BCUT2D eigenvalue weighted by atomic mass is 16.6. The van der Waals surface area contributed by atoms with Crippen LogP contribution in [0.4, 0.5) is 21.9 Å². The summed E-state index contributed by atoms with van der Waals surface area (Å²) in [6, 6.07) is 19.0. The Morgan fingerprint density at radius 1 is 1.03 bits per heavy atom. The van der Waals surface area contributed by atoms with Crippen molar-refractivity contribution in [2.75, 3.05) is 23.5 Å². The number of phenols is 1. The van der Waals surface area contributed by atoms with Gasteiger partial charge >= 0.3 is 6.09 Å². The Morgan fingerprint density at radius 2 is 1.72 bits per heavy atom. The third kappa shape index (κ3) is 6.79. The topological polar surface area (TPSA) is 123 Å². The Balaban J connectivity index is 1.85. The summed E-state index contributed by atoms with van der Waals surface area (Å²) in [6.07, 6.45) is 1.48. The molecule has 188 valence electrons. The summed E-state index contributed by atoms with van der Waals surface area (Å²) in [4.78, 5) is 25.4. The summed E-state index contributed by atoms with van der Waals surface area (Å²) in [5, 5.41) is 15.8. The van der Waals surface area contributed by atoms with Crippen molar-refractivity contribution in [1.82, 2.24) is 0 Å². The standard InChI is InChI=1S/C28H31N3O5/c1-18-9-12-20(13-10-18)30-27(34)36-26(19-11-14-24(35-4)23(32)17-19)28(2,3)16-15-25(33)31-22-8-6-5-7-21(22)29/h5-17,26,32H,29H2,1-4H3,(H,30,34)(H,31,33)/b16-15+/t26-/m0/s1. The van der Waals surface area contributed by atoms with Crippen molar-refractivity contribution in [3.63, 3.8) is 0 Å². The van der Waals surface area contributed by atoms with Gasteiger partial charge in [0, 0.05) is 11.1 Å². The number of para-hydroxylation sites is 2. The second-order valence-corrected chi connectivity index (χ2v) is 8.94. The maximum Gasteiger partial charge on any atom is 0.412 e. The summed E-state index contributed by atoms with van der Waals surface area (Å²) in [7, 11) is 1.45. The van der Waals surface area contributed by atoms with Crippen LogP contribution >= 0.6 is 0 Å². The number of phenolic OH excluding ortho intramolecular Hbond substituents is 1. The molecule has 3 rings (SSSR count). The van der Waals surface area contributed by atoms with Crippen molar-refractivity contribution in [2.24, 2.45) is 5.41 Å². The minimum Gasteiger partial charge on any atom is -0.504 e. The quantitative estimate of drug-likeness (QED) is 0.234. The van der Waals surface area contributed by atoms with Gasteiger partial charge in [0.1, 0.15) is 6.10 Å². The highest BCUT2D eigenvalue weighted by Crippen LogP contribution is 2.41. The summed E-state index contributed by atoms with van der Waals surface area (Å²) in [5.41, 5.74) is 8.15. The number of carbonyl (C=O) groups excluding carboxylic acids is 2. The number of ether oxygens (including phenoxy) is 2. The Labute approximate surface area is 210 Å². The molecule has 0 aromatic heterocycles. The molecular formula is C28H31N3O5. The van der Waals surface area contributed by atoms with E-state index in [0.717, 1.165) is 5.56 Å². The van der Waals surface area contributed by atoms with E-state index in [0.29, 0.717) is 22.6 Å². The smallest absolute Gasteiger partial charge is 0.412 e. The lowest BCUT2D eigenvalue weighted by molar-refractivity contribution is -0.112. The average molecular weight is 490 g/mol. The number of aromatic hydroxyl groups is 1. The molecule has 0 saturated heterocycles. The van der Waals surface area contributed by atoms with Gasteiger partial charge in [-0.1, -0.05) is 55.8 Å². The van der Waals surface area contributed by atoms with Gasteiger partial charge in [-0.15, -0.1) is 0 Å². The third-order valence-corrected chi connectivity index (χ3v) is 5.59. The van der Waals surface area contributed by atoms with Gasteiger partial charge in [-0.05, 0) is 55.0 Å². The van der Waals surface area contributed by atoms with Crippen LogP contribution in [0, 0.1) is 12.3 Å². The van der Waals surface area contributed by atoms with Gasteiger partial charge < -0.3 is 25.6 Å². The molecule has 8 nitrogen and oxygen atoms in total. The Hall–Kier alpha value is -4.46. The van der Waals surface area contributed by atoms with E-state index < -0.39 is 17.6 Å². The number of methoxy groups -OCH3 is 1. The number of anilines is 3. The van der Waals surface area contributed by atoms with Crippen LogP contribution in [-0.4, -0.2) is 24.2 Å². The van der Waals surface area contributed by atoms with Gasteiger partial charge in [0.2, 0.25) is 5.91 Å². The van der Waals surface area contributed by atoms with Crippen LogP contribution in [0.15, 0.2) is 78.9 Å². The summed E-state index contributed by atoms with van der Waals surface area (Å²) >= 11 is 0. The Morgan fingerprint density at radius 3 is 2.36 bits per heavy atom. The molecule has 0 unspecified atom stereocenters. The second kappa shape index (κ2) is 11.3. The molecule has 3 aromatic carbocycles. The molecule has 0 radical (unpaired) electrons. The van der Waals surface area contributed by atoms with Crippen molar-refractivity contribution in [3.8, 4) is 11.5 Å². The molecule has 0 aliphatic rings. The van der Waals surface area contributed by atoms with Gasteiger partial charge in [-0.2, -0.15) is 0 Å².